The van der Waals surface area contributed by atoms with Gasteiger partial charge < -0.3 is 25.3 Å². The predicted molar refractivity (Wildman–Crippen MR) is 192 cm³/mol. The summed E-state index contributed by atoms with van der Waals surface area (Å²) in [5, 5.41) is 3.68. The van der Waals surface area contributed by atoms with E-state index in [1.807, 2.05) is 38.1 Å². The number of piperidine rings is 1. The maximum Gasteiger partial charge on any atom is 0.352 e. The van der Waals surface area contributed by atoms with E-state index in [4.69, 9.17) is 31.5 Å². The van der Waals surface area contributed by atoms with Crippen molar-refractivity contribution in [3.63, 3.8) is 0 Å². The van der Waals surface area contributed by atoms with Gasteiger partial charge in [-0.3, -0.25) is 0 Å². The van der Waals surface area contributed by atoms with E-state index in [9.17, 15) is 22.4 Å². The highest BCUT2D eigenvalue weighted by atomic mass is 35.5. The van der Waals surface area contributed by atoms with Crippen LogP contribution in [-0.4, -0.2) is 60.6 Å². The number of carbonyl (C=O) groups is 2. The maximum absolute atomic E-state index is 14.6. The van der Waals surface area contributed by atoms with Crippen molar-refractivity contribution in [2.45, 2.75) is 96.8 Å². The van der Waals surface area contributed by atoms with Crippen LogP contribution in [0.25, 0.3) is 10.4 Å². The molecule has 3 aromatic rings. The third-order valence-corrected chi connectivity index (χ3v) is 11.2. The molecule has 268 valence electrons. The number of esters is 2. The number of halogens is 2. The fourth-order valence-electron chi connectivity index (χ4n) is 5.66. The first-order valence-corrected chi connectivity index (χ1v) is 18.7. The molecule has 1 atom stereocenters. The Morgan fingerprint density at radius 3 is 2.37 bits per heavy atom. The molecule has 1 saturated heterocycles. The molecule has 10 nitrogen and oxygen atoms in total. The van der Waals surface area contributed by atoms with Crippen LogP contribution >= 0.6 is 22.9 Å². The van der Waals surface area contributed by atoms with Gasteiger partial charge in [0.25, 0.3) is 0 Å². The summed E-state index contributed by atoms with van der Waals surface area (Å²) in [6.07, 6.45) is 0.999. The van der Waals surface area contributed by atoms with Crippen molar-refractivity contribution >= 4 is 56.3 Å². The summed E-state index contributed by atoms with van der Waals surface area (Å²) in [7, 11) is -3.85. The van der Waals surface area contributed by atoms with Crippen LogP contribution in [0.5, 0.6) is 5.75 Å². The zero-order valence-corrected chi connectivity index (χ0v) is 31.5. The van der Waals surface area contributed by atoms with E-state index in [1.54, 1.807) is 41.5 Å². The molecular formula is C35H45ClFN3O7S2. The SMILES string of the molecule is CC(C)(C)OC(=O)COc1c(C(=O)OC(C)(C)C)sc(-c2cccc(NC3CCN(S(=O)(=O)Cc4cccc(N)c4F)C(C)(C)C3)c2)c1Cl. The summed E-state index contributed by atoms with van der Waals surface area (Å²) in [6, 6.07) is 11.7. The Kier molecular flexibility index (Phi) is 11.3. The van der Waals surface area contributed by atoms with Gasteiger partial charge in [0.15, 0.2) is 17.2 Å². The molecule has 0 saturated carbocycles. The molecule has 2 heterocycles. The molecule has 1 aliphatic heterocycles. The van der Waals surface area contributed by atoms with E-state index in [-0.39, 0.29) is 39.5 Å². The summed E-state index contributed by atoms with van der Waals surface area (Å²) >= 11 is 7.92. The highest BCUT2D eigenvalue weighted by molar-refractivity contribution is 7.88. The Morgan fingerprint density at radius 2 is 1.73 bits per heavy atom. The van der Waals surface area contributed by atoms with Gasteiger partial charge >= 0.3 is 11.9 Å². The van der Waals surface area contributed by atoms with Crippen molar-refractivity contribution in [2.24, 2.45) is 0 Å². The number of hydrogen-bond acceptors (Lipinski definition) is 10. The number of nitrogens with one attached hydrogen (secondary N) is 1. The zero-order valence-electron chi connectivity index (χ0n) is 29.1. The number of benzene rings is 2. The fraction of sp³-hybridized carbons (Fsp3) is 0.486. The monoisotopic (exact) mass is 737 g/mol. The van der Waals surface area contributed by atoms with E-state index in [0.717, 1.165) is 17.0 Å². The molecule has 0 bridgehead atoms. The molecule has 0 amide bonds. The number of carbonyl (C=O) groups excluding carboxylic acids is 2. The zero-order chi connectivity index (χ0) is 36.5. The maximum atomic E-state index is 14.6. The molecule has 2 aromatic carbocycles. The van der Waals surface area contributed by atoms with Crippen molar-refractivity contribution in [3.8, 4) is 16.2 Å². The number of anilines is 2. The first-order chi connectivity index (χ1) is 22.6. The summed E-state index contributed by atoms with van der Waals surface area (Å²) in [4.78, 5) is 26.3. The Labute approximate surface area is 297 Å². The lowest BCUT2D eigenvalue weighted by Crippen LogP contribution is -2.55. The van der Waals surface area contributed by atoms with Crippen LogP contribution in [0.3, 0.4) is 0 Å². The summed E-state index contributed by atoms with van der Waals surface area (Å²) < 4.78 is 59.6. The van der Waals surface area contributed by atoms with Crippen LogP contribution in [0.1, 0.15) is 83.5 Å². The second-order valence-electron chi connectivity index (χ2n) is 14.7. The van der Waals surface area contributed by atoms with Gasteiger partial charge in [-0.1, -0.05) is 35.9 Å². The molecular weight excluding hydrogens is 693 g/mol. The summed E-state index contributed by atoms with van der Waals surface area (Å²) in [6.45, 7) is 14.0. The van der Waals surface area contributed by atoms with Crippen molar-refractivity contribution in [2.75, 3.05) is 24.2 Å². The molecule has 1 fully saturated rings. The number of nitrogens with zero attached hydrogens (tertiary/aromatic N) is 1. The lowest BCUT2D eigenvalue weighted by Gasteiger charge is -2.45. The molecule has 1 unspecified atom stereocenters. The minimum absolute atomic E-state index is 0.0355. The standard InChI is InChI=1S/C35H45ClFN3O7S2/c1-33(2,3)46-26(41)19-45-29-27(36)30(48-31(29)32(42)47-34(4,5)6)21-11-9-13-23(17-21)39-24-15-16-40(35(7,8)18-24)49(43,44)20-22-12-10-14-25(38)28(22)37/h9-14,17,24,39H,15-16,18-20,38H2,1-8H3. The smallest absolute Gasteiger partial charge is 0.352 e. The molecule has 49 heavy (non-hydrogen) atoms. The van der Waals surface area contributed by atoms with Crippen LogP contribution < -0.4 is 15.8 Å². The second kappa shape index (κ2) is 14.5. The molecule has 4 rings (SSSR count). The normalized spacial score (nSPS) is 17.0. The molecule has 0 radical (unpaired) electrons. The molecule has 0 aliphatic carbocycles. The van der Waals surface area contributed by atoms with Gasteiger partial charge in [-0.15, -0.1) is 11.3 Å². The predicted octanol–water partition coefficient (Wildman–Crippen LogP) is 7.65. The van der Waals surface area contributed by atoms with E-state index < -0.39 is 56.9 Å². The van der Waals surface area contributed by atoms with E-state index in [1.165, 1.54) is 22.5 Å². The van der Waals surface area contributed by atoms with Gasteiger partial charge in [0.2, 0.25) is 10.0 Å². The van der Waals surface area contributed by atoms with Gasteiger partial charge in [0.05, 0.1) is 16.3 Å². The first-order valence-electron chi connectivity index (χ1n) is 15.9. The van der Waals surface area contributed by atoms with E-state index in [0.29, 0.717) is 23.3 Å². The largest absolute Gasteiger partial charge is 0.479 e. The lowest BCUT2D eigenvalue weighted by molar-refractivity contribution is -0.157. The van der Waals surface area contributed by atoms with Gasteiger partial charge in [0.1, 0.15) is 22.0 Å². The van der Waals surface area contributed by atoms with E-state index >= 15 is 0 Å². The second-order valence-corrected chi connectivity index (χ2v) is 17.9. The Bertz CT molecular complexity index is 1810. The van der Waals surface area contributed by atoms with E-state index in [2.05, 4.69) is 5.32 Å². The Hall–Kier alpha value is -3.39. The minimum atomic E-state index is -3.85. The number of nitrogens with two attached hydrogens (primary N) is 1. The van der Waals surface area contributed by atoms with Crippen LogP contribution in [-0.2, 0) is 30.0 Å². The van der Waals surface area contributed by atoms with Crippen LogP contribution in [0, 0.1) is 5.82 Å². The topological polar surface area (TPSA) is 137 Å². The summed E-state index contributed by atoms with van der Waals surface area (Å²) in [5.74, 6) is -2.42. The Balaban J connectivity index is 1.54. The highest BCUT2D eigenvalue weighted by Crippen LogP contribution is 2.47. The fourth-order valence-corrected chi connectivity index (χ4v) is 9.09. The first kappa shape index (κ1) is 38.4. The van der Waals surface area contributed by atoms with Crippen molar-refractivity contribution in [1.82, 2.24) is 4.31 Å². The van der Waals surface area contributed by atoms with Gasteiger partial charge in [0, 0.05) is 29.4 Å². The van der Waals surface area contributed by atoms with Crippen LogP contribution in [0.15, 0.2) is 42.5 Å². The number of thiophene rings is 1. The number of rotatable bonds is 10. The number of ether oxygens (including phenoxy) is 3. The van der Waals surface area contributed by atoms with Gasteiger partial charge in [-0.05, 0) is 92.0 Å². The number of hydrogen-bond donors (Lipinski definition) is 2. The average molecular weight is 738 g/mol. The average Bonchev–Trinajstić information content (AvgIpc) is 3.28. The molecule has 3 N–H and O–H groups in total. The molecule has 0 spiro atoms. The molecule has 1 aliphatic rings. The Morgan fingerprint density at radius 1 is 1.08 bits per heavy atom. The minimum Gasteiger partial charge on any atom is -0.479 e. The highest BCUT2D eigenvalue weighted by Gasteiger charge is 2.42. The van der Waals surface area contributed by atoms with Crippen LogP contribution in [0.4, 0.5) is 15.8 Å². The third-order valence-electron chi connectivity index (χ3n) is 7.53. The summed E-state index contributed by atoms with van der Waals surface area (Å²) in [5.41, 5.74) is 4.80. The van der Waals surface area contributed by atoms with Crippen LogP contribution in [0.2, 0.25) is 5.02 Å². The number of nitrogen functional groups attached to an aromatic ring is 1. The van der Waals surface area contributed by atoms with Crippen molar-refractivity contribution in [1.29, 1.82) is 0 Å². The quantitative estimate of drug-likeness (QED) is 0.159. The van der Waals surface area contributed by atoms with Gasteiger partial charge in [-0.2, -0.15) is 4.31 Å². The third kappa shape index (κ3) is 9.87. The van der Waals surface area contributed by atoms with Crippen molar-refractivity contribution in [3.05, 3.63) is 63.7 Å². The van der Waals surface area contributed by atoms with Gasteiger partial charge in [-0.25, -0.2) is 22.4 Å². The number of sulfonamides is 1. The van der Waals surface area contributed by atoms with Crippen molar-refractivity contribution < 1.29 is 36.6 Å². The molecule has 14 heteroatoms. The molecule has 1 aromatic heterocycles. The lowest BCUT2D eigenvalue weighted by atomic mass is 9.89.